The number of hydrogen-bond donors (Lipinski definition) is 1. The maximum absolute atomic E-state index is 3.74. The van der Waals surface area contributed by atoms with Crippen molar-refractivity contribution in [3.8, 4) is 0 Å². The maximum Gasteiger partial charge on any atom is 0.0274 e. The Bertz CT molecular complexity index is 219. The molecule has 1 N–H and O–H groups in total. The number of piperidine rings is 1. The summed E-state index contributed by atoms with van der Waals surface area (Å²) >= 11 is 0. The summed E-state index contributed by atoms with van der Waals surface area (Å²) in [7, 11) is 0. The lowest BCUT2D eigenvalue weighted by Crippen LogP contribution is -2.52. The Balaban J connectivity index is 2.02. The summed E-state index contributed by atoms with van der Waals surface area (Å²) in [6.07, 6.45) is 7.04. The van der Waals surface area contributed by atoms with Crippen molar-refractivity contribution < 1.29 is 0 Å². The number of hydrogen-bond acceptors (Lipinski definition) is 2. The van der Waals surface area contributed by atoms with Crippen molar-refractivity contribution in [3.05, 3.63) is 0 Å². The molecule has 0 bridgehead atoms. The highest BCUT2D eigenvalue weighted by molar-refractivity contribution is 5.01. The predicted octanol–water partition coefficient (Wildman–Crippen LogP) is 2.64. The highest BCUT2D eigenvalue weighted by atomic mass is 15.2. The van der Waals surface area contributed by atoms with Crippen LogP contribution in [0.5, 0.6) is 0 Å². The summed E-state index contributed by atoms with van der Waals surface area (Å²) in [5.41, 5.74) is 0.484. The Morgan fingerprint density at radius 2 is 1.88 bits per heavy atom. The fourth-order valence-electron chi connectivity index (χ4n) is 3.64. The second-order valence-corrected chi connectivity index (χ2v) is 6.23. The predicted molar refractivity (Wildman–Crippen MR) is 69.7 cm³/mol. The molecule has 1 saturated heterocycles. The summed E-state index contributed by atoms with van der Waals surface area (Å²) in [6, 6.07) is 1.51. The van der Waals surface area contributed by atoms with Gasteiger partial charge in [0.1, 0.15) is 0 Å². The molecule has 2 atom stereocenters. The molecule has 2 unspecified atom stereocenters. The van der Waals surface area contributed by atoms with Crippen LogP contribution >= 0.6 is 0 Å². The van der Waals surface area contributed by atoms with Crippen molar-refractivity contribution in [2.75, 3.05) is 19.6 Å². The second-order valence-electron chi connectivity index (χ2n) is 6.23. The lowest BCUT2D eigenvalue weighted by molar-refractivity contribution is 0.123. The van der Waals surface area contributed by atoms with Crippen LogP contribution < -0.4 is 5.32 Å². The molecule has 16 heavy (non-hydrogen) atoms. The van der Waals surface area contributed by atoms with Gasteiger partial charge in [0.15, 0.2) is 0 Å². The maximum atomic E-state index is 3.74. The monoisotopic (exact) mass is 224 g/mol. The van der Waals surface area contributed by atoms with Gasteiger partial charge >= 0.3 is 0 Å². The van der Waals surface area contributed by atoms with Gasteiger partial charge in [0.25, 0.3) is 0 Å². The molecule has 1 saturated carbocycles. The number of nitrogens with zero attached hydrogens (tertiary/aromatic N) is 1. The number of nitrogens with one attached hydrogen (secondary N) is 1. The van der Waals surface area contributed by atoms with Crippen LogP contribution in [-0.4, -0.2) is 36.6 Å². The van der Waals surface area contributed by atoms with E-state index in [-0.39, 0.29) is 0 Å². The Kier molecular flexibility index (Phi) is 3.91. The first kappa shape index (κ1) is 12.4. The number of likely N-dealkylation sites (N-methyl/N-ethyl adjacent to an activating group) is 1. The molecule has 1 aliphatic carbocycles. The van der Waals surface area contributed by atoms with Gasteiger partial charge in [0.2, 0.25) is 0 Å². The first-order valence-corrected chi connectivity index (χ1v) is 7.12. The van der Waals surface area contributed by atoms with Crippen LogP contribution in [0.2, 0.25) is 0 Å². The van der Waals surface area contributed by atoms with Crippen molar-refractivity contribution in [2.24, 2.45) is 5.41 Å². The van der Waals surface area contributed by atoms with E-state index in [2.05, 4.69) is 31.0 Å². The zero-order valence-electron chi connectivity index (χ0n) is 11.3. The van der Waals surface area contributed by atoms with Crippen LogP contribution in [-0.2, 0) is 0 Å². The highest BCUT2D eigenvalue weighted by Gasteiger charge is 2.43. The van der Waals surface area contributed by atoms with Gasteiger partial charge in [-0.3, -0.25) is 4.90 Å². The van der Waals surface area contributed by atoms with Crippen molar-refractivity contribution in [1.29, 1.82) is 0 Å². The summed E-state index contributed by atoms with van der Waals surface area (Å²) in [5, 5.41) is 3.74. The average molecular weight is 224 g/mol. The molecule has 0 amide bonds. The third-order valence-electron chi connectivity index (χ3n) is 4.59. The average Bonchev–Trinajstić information content (AvgIpc) is 2.57. The van der Waals surface area contributed by atoms with Gasteiger partial charge < -0.3 is 5.32 Å². The van der Waals surface area contributed by atoms with E-state index >= 15 is 0 Å². The molecule has 1 heterocycles. The molecule has 0 aromatic rings. The first-order valence-electron chi connectivity index (χ1n) is 7.12. The molecular formula is C14H28N2. The number of rotatable bonds is 3. The van der Waals surface area contributed by atoms with Gasteiger partial charge in [-0.05, 0) is 50.7 Å². The summed E-state index contributed by atoms with van der Waals surface area (Å²) in [6.45, 7) is 10.9. The lowest BCUT2D eigenvalue weighted by atomic mass is 9.86. The summed E-state index contributed by atoms with van der Waals surface area (Å²) in [5.74, 6) is 0. The Morgan fingerprint density at radius 1 is 1.19 bits per heavy atom. The van der Waals surface area contributed by atoms with Gasteiger partial charge in [-0.15, -0.1) is 0 Å². The largest absolute Gasteiger partial charge is 0.312 e. The fraction of sp³-hybridized carbons (Fsp3) is 1.00. The van der Waals surface area contributed by atoms with Gasteiger partial charge in [-0.1, -0.05) is 27.2 Å². The lowest BCUT2D eigenvalue weighted by Gasteiger charge is -2.39. The van der Waals surface area contributed by atoms with E-state index in [0.29, 0.717) is 11.5 Å². The van der Waals surface area contributed by atoms with E-state index in [1.807, 2.05) is 0 Å². The Labute approximate surface area is 101 Å². The molecule has 0 spiro atoms. The fourth-order valence-corrected chi connectivity index (χ4v) is 3.64. The molecule has 0 radical (unpaired) electrons. The zero-order chi connectivity index (χ0) is 11.6. The third kappa shape index (κ3) is 2.43. The van der Waals surface area contributed by atoms with E-state index in [0.717, 1.165) is 12.6 Å². The molecular weight excluding hydrogens is 196 g/mol. The van der Waals surface area contributed by atoms with Crippen molar-refractivity contribution >= 4 is 0 Å². The SMILES string of the molecule is CCNC1C(N2CCCCC2)CCC1(C)C. The van der Waals surface area contributed by atoms with Gasteiger partial charge in [-0.2, -0.15) is 0 Å². The van der Waals surface area contributed by atoms with Crippen molar-refractivity contribution in [2.45, 2.75) is 65.0 Å². The molecule has 2 heteroatoms. The molecule has 1 aliphatic heterocycles. The minimum absolute atomic E-state index is 0.484. The van der Waals surface area contributed by atoms with Crippen LogP contribution in [0.4, 0.5) is 0 Å². The van der Waals surface area contributed by atoms with Crippen LogP contribution in [0, 0.1) is 5.41 Å². The second kappa shape index (κ2) is 5.05. The van der Waals surface area contributed by atoms with E-state index in [1.54, 1.807) is 0 Å². The van der Waals surface area contributed by atoms with E-state index in [4.69, 9.17) is 0 Å². The van der Waals surface area contributed by atoms with Gasteiger partial charge in [0, 0.05) is 12.1 Å². The minimum atomic E-state index is 0.484. The molecule has 2 aliphatic rings. The molecule has 0 aromatic carbocycles. The first-order chi connectivity index (χ1) is 7.65. The standard InChI is InChI=1S/C14H28N2/c1-4-15-13-12(8-9-14(13,2)3)16-10-6-5-7-11-16/h12-13,15H,4-11H2,1-3H3. The van der Waals surface area contributed by atoms with E-state index in [9.17, 15) is 0 Å². The van der Waals surface area contributed by atoms with Crippen molar-refractivity contribution in [3.63, 3.8) is 0 Å². The molecule has 2 rings (SSSR count). The quantitative estimate of drug-likeness (QED) is 0.793. The smallest absolute Gasteiger partial charge is 0.0274 e. The van der Waals surface area contributed by atoms with Crippen LogP contribution in [0.3, 0.4) is 0 Å². The summed E-state index contributed by atoms with van der Waals surface area (Å²) in [4.78, 5) is 2.76. The van der Waals surface area contributed by atoms with Gasteiger partial charge in [0.05, 0.1) is 0 Å². The Morgan fingerprint density at radius 3 is 2.50 bits per heavy atom. The van der Waals surface area contributed by atoms with Gasteiger partial charge in [-0.25, -0.2) is 0 Å². The van der Waals surface area contributed by atoms with E-state index < -0.39 is 0 Å². The molecule has 0 aromatic heterocycles. The zero-order valence-corrected chi connectivity index (χ0v) is 11.3. The number of likely N-dealkylation sites (tertiary alicyclic amines) is 1. The van der Waals surface area contributed by atoms with Crippen LogP contribution in [0.1, 0.15) is 52.9 Å². The third-order valence-corrected chi connectivity index (χ3v) is 4.59. The Hall–Kier alpha value is -0.0800. The molecule has 2 nitrogen and oxygen atoms in total. The topological polar surface area (TPSA) is 15.3 Å². The molecule has 2 fully saturated rings. The van der Waals surface area contributed by atoms with Crippen molar-refractivity contribution in [1.82, 2.24) is 10.2 Å². The van der Waals surface area contributed by atoms with E-state index in [1.165, 1.54) is 45.2 Å². The highest BCUT2D eigenvalue weighted by Crippen LogP contribution is 2.40. The van der Waals surface area contributed by atoms with Crippen LogP contribution in [0.15, 0.2) is 0 Å². The minimum Gasteiger partial charge on any atom is -0.312 e. The van der Waals surface area contributed by atoms with Crippen LogP contribution in [0.25, 0.3) is 0 Å². The normalized spacial score (nSPS) is 35.4. The summed E-state index contributed by atoms with van der Waals surface area (Å²) < 4.78 is 0. The molecule has 94 valence electrons.